The lowest BCUT2D eigenvalue weighted by Gasteiger charge is -2.11. The van der Waals surface area contributed by atoms with Crippen molar-refractivity contribution >= 4 is 35.1 Å². The minimum Gasteiger partial charge on any atom is -0.360 e. The molecule has 7 heteroatoms. The Morgan fingerprint density at radius 1 is 1.27 bits per heavy atom. The van der Waals surface area contributed by atoms with Crippen LogP contribution in [0.25, 0.3) is 0 Å². The van der Waals surface area contributed by atoms with Gasteiger partial charge in [0.15, 0.2) is 5.82 Å². The summed E-state index contributed by atoms with van der Waals surface area (Å²) in [5.41, 5.74) is 0.706. The van der Waals surface area contributed by atoms with Crippen LogP contribution in [-0.4, -0.2) is 22.2 Å². The first kappa shape index (κ1) is 16.1. The van der Waals surface area contributed by atoms with Crippen molar-refractivity contribution in [3.63, 3.8) is 0 Å². The minimum absolute atomic E-state index is 0.130. The maximum Gasteiger partial charge on any atom is 0.238 e. The topological polar surface area (TPSA) is 84.2 Å². The quantitative estimate of drug-likeness (QED) is 0.827. The SMILES string of the molecule is CC(=O)Nc1cccc(SC(C)C(=O)Nc2cc(C)on2)c1. The molecule has 2 N–H and O–H groups in total. The number of hydrogen-bond donors (Lipinski definition) is 2. The third-order valence-electron chi connectivity index (χ3n) is 2.72. The average molecular weight is 319 g/mol. The van der Waals surface area contributed by atoms with Gasteiger partial charge in [-0.15, -0.1) is 11.8 Å². The van der Waals surface area contributed by atoms with Gasteiger partial charge in [0, 0.05) is 23.6 Å². The molecule has 1 atom stereocenters. The monoisotopic (exact) mass is 319 g/mol. The molecule has 0 aliphatic carbocycles. The van der Waals surface area contributed by atoms with Gasteiger partial charge >= 0.3 is 0 Å². The fourth-order valence-corrected chi connectivity index (χ4v) is 2.69. The summed E-state index contributed by atoms with van der Waals surface area (Å²) in [6.45, 7) is 5.02. The zero-order valence-corrected chi connectivity index (χ0v) is 13.4. The number of rotatable bonds is 5. The summed E-state index contributed by atoms with van der Waals surface area (Å²) in [7, 11) is 0. The molecule has 1 heterocycles. The van der Waals surface area contributed by atoms with Crippen molar-refractivity contribution in [2.45, 2.75) is 30.9 Å². The molecule has 0 aliphatic heterocycles. The number of thioether (sulfide) groups is 1. The molecule has 2 rings (SSSR count). The number of aryl methyl sites for hydroxylation is 1. The van der Waals surface area contributed by atoms with Gasteiger partial charge in [-0.2, -0.15) is 0 Å². The summed E-state index contributed by atoms with van der Waals surface area (Å²) < 4.78 is 4.90. The lowest BCUT2D eigenvalue weighted by Crippen LogP contribution is -2.22. The van der Waals surface area contributed by atoms with E-state index in [1.54, 1.807) is 26.0 Å². The molecule has 1 aromatic heterocycles. The van der Waals surface area contributed by atoms with Gasteiger partial charge in [-0.05, 0) is 32.0 Å². The third-order valence-corrected chi connectivity index (χ3v) is 3.81. The van der Waals surface area contributed by atoms with Crippen LogP contribution in [0.2, 0.25) is 0 Å². The fourth-order valence-electron chi connectivity index (χ4n) is 1.76. The van der Waals surface area contributed by atoms with Crippen LogP contribution in [0.3, 0.4) is 0 Å². The van der Waals surface area contributed by atoms with E-state index < -0.39 is 0 Å². The van der Waals surface area contributed by atoms with Crippen molar-refractivity contribution in [2.24, 2.45) is 0 Å². The molecule has 0 saturated heterocycles. The first-order valence-electron chi connectivity index (χ1n) is 6.72. The second-order valence-electron chi connectivity index (χ2n) is 4.78. The Bertz CT molecular complexity index is 684. The molecule has 0 aliphatic rings. The predicted molar refractivity (Wildman–Crippen MR) is 85.9 cm³/mol. The number of aromatic nitrogens is 1. The number of nitrogens with one attached hydrogen (secondary N) is 2. The fraction of sp³-hybridized carbons (Fsp3) is 0.267. The van der Waals surface area contributed by atoms with Crippen molar-refractivity contribution in [3.05, 3.63) is 36.1 Å². The molecule has 1 aromatic carbocycles. The standard InChI is InChI=1S/C15H17N3O3S/c1-9-7-14(18-21-9)17-15(20)10(2)22-13-6-4-5-12(8-13)16-11(3)19/h4-8,10H,1-3H3,(H,16,19)(H,17,18,20). The second-order valence-corrected chi connectivity index (χ2v) is 6.20. The van der Waals surface area contributed by atoms with Crippen LogP contribution in [0.4, 0.5) is 11.5 Å². The number of hydrogen-bond acceptors (Lipinski definition) is 5. The van der Waals surface area contributed by atoms with Crippen molar-refractivity contribution < 1.29 is 14.1 Å². The van der Waals surface area contributed by atoms with E-state index in [2.05, 4.69) is 15.8 Å². The zero-order valence-electron chi connectivity index (χ0n) is 12.5. The molecule has 0 bridgehead atoms. The summed E-state index contributed by atoms with van der Waals surface area (Å²) in [5, 5.41) is 8.82. The molecule has 6 nitrogen and oxygen atoms in total. The van der Waals surface area contributed by atoms with Gasteiger partial charge in [0.05, 0.1) is 5.25 Å². The van der Waals surface area contributed by atoms with Crippen LogP contribution >= 0.6 is 11.8 Å². The van der Waals surface area contributed by atoms with Crippen LogP contribution in [0.5, 0.6) is 0 Å². The maximum atomic E-state index is 12.1. The summed E-state index contributed by atoms with van der Waals surface area (Å²) in [5.74, 6) is 0.748. The van der Waals surface area contributed by atoms with E-state index >= 15 is 0 Å². The third kappa shape index (κ3) is 4.63. The van der Waals surface area contributed by atoms with Gasteiger partial charge in [-0.3, -0.25) is 9.59 Å². The molecule has 0 fully saturated rings. The summed E-state index contributed by atoms with van der Waals surface area (Å²) in [6.07, 6.45) is 0. The van der Waals surface area contributed by atoms with Crippen molar-refractivity contribution in [1.29, 1.82) is 0 Å². The summed E-state index contributed by atoms with van der Waals surface area (Å²) in [6, 6.07) is 9.01. The highest BCUT2D eigenvalue weighted by atomic mass is 32.2. The zero-order chi connectivity index (χ0) is 16.1. The van der Waals surface area contributed by atoms with E-state index in [9.17, 15) is 9.59 Å². The van der Waals surface area contributed by atoms with Gasteiger partial charge < -0.3 is 15.2 Å². The first-order chi connectivity index (χ1) is 10.4. The highest BCUT2D eigenvalue weighted by Crippen LogP contribution is 2.26. The molecule has 2 amide bonds. The minimum atomic E-state index is -0.315. The maximum absolute atomic E-state index is 12.1. The van der Waals surface area contributed by atoms with Crippen LogP contribution in [-0.2, 0) is 9.59 Å². The van der Waals surface area contributed by atoms with E-state index in [1.165, 1.54) is 18.7 Å². The number of carbonyl (C=O) groups excluding carboxylic acids is 2. The Kier molecular flexibility index (Phi) is 5.21. The van der Waals surface area contributed by atoms with E-state index in [0.717, 1.165) is 4.90 Å². The number of amides is 2. The van der Waals surface area contributed by atoms with E-state index in [-0.39, 0.29) is 17.1 Å². The molecule has 0 spiro atoms. The average Bonchev–Trinajstić information content (AvgIpc) is 2.83. The van der Waals surface area contributed by atoms with Crippen molar-refractivity contribution in [2.75, 3.05) is 10.6 Å². The molecule has 1 unspecified atom stereocenters. The van der Waals surface area contributed by atoms with E-state index in [1.807, 2.05) is 18.2 Å². The van der Waals surface area contributed by atoms with E-state index in [4.69, 9.17) is 4.52 Å². The predicted octanol–water partition coefficient (Wildman–Crippen LogP) is 3.06. The molecular formula is C15H17N3O3S. The number of anilines is 2. The molecule has 0 saturated carbocycles. The van der Waals surface area contributed by atoms with Gasteiger partial charge in [0.1, 0.15) is 5.76 Å². The number of benzene rings is 1. The Labute approximate surface area is 132 Å². The van der Waals surface area contributed by atoms with E-state index in [0.29, 0.717) is 17.3 Å². The normalized spacial score (nSPS) is 11.8. The Balaban J connectivity index is 1.97. The number of nitrogens with zero attached hydrogens (tertiary/aromatic N) is 1. The van der Waals surface area contributed by atoms with Gasteiger partial charge in [-0.25, -0.2) is 0 Å². The largest absolute Gasteiger partial charge is 0.360 e. The smallest absolute Gasteiger partial charge is 0.238 e. The van der Waals surface area contributed by atoms with Gasteiger partial charge in [-0.1, -0.05) is 11.2 Å². The molecule has 22 heavy (non-hydrogen) atoms. The van der Waals surface area contributed by atoms with Crippen LogP contribution < -0.4 is 10.6 Å². The lowest BCUT2D eigenvalue weighted by atomic mass is 10.3. The molecular weight excluding hydrogens is 302 g/mol. The molecule has 2 aromatic rings. The van der Waals surface area contributed by atoms with Crippen LogP contribution in [0, 0.1) is 6.92 Å². The van der Waals surface area contributed by atoms with Crippen molar-refractivity contribution in [3.8, 4) is 0 Å². The second kappa shape index (κ2) is 7.13. The van der Waals surface area contributed by atoms with Crippen LogP contribution in [0.1, 0.15) is 19.6 Å². The highest BCUT2D eigenvalue weighted by molar-refractivity contribution is 8.00. The Morgan fingerprint density at radius 2 is 2.05 bits per heavy atom. The van der Waals surface area contributed by atoms with Gasteiger partial charge in [0.25, 0.3) is 0 Å². The Hall–Kier alpha value is -2.28. The Morgan fingerprint density at radius 3 is 2.68 bits per heavy atom. The molecule has 116 valence electrons. The summed E-state index contributed by atoms with van der Waals surface area (Å²) in [4.78, 5) is 24.1. The summed E-state index contributed by atoms with van der Waals surface area (Å²) >= 11 is 1.40. The van der Waals surface area contributed by atoms with Crippen molar-refractivity contribution in [1.82, 2.24) is 5.16 Å². The molecule has 0 radical (unpaired) electrons. The van der Waals surface area contributed by atoms with Crippen LogP contribution in [0.15, 0.2) is 39.8 Å². The van der Waals surface area contributed by atoms with Gasteiger partial charge in [0.2, 0.25) is 11.8 Å². The lowest BCUT2D eigenvalue weighted by molar-refractivity contribution is -0.115. The highest BCUT2D eigenvalue weighted by Gasteiger charge is 2.16. The first-order valence-corrected chi connectivity index (χ1v) is 7.60. The number of carbonyl (C=O) groups is 2.